The highest BCUT2D eigenvalue weighted by Crippen LogP contribution is 2.28. The average molecular weight is 375 g/mol. The maximum atomic E-state index is 12.4. The molecule has 0 saturated carbocycles. The maximum absolute atomic E-state index is 12.4. The monoisotopic (exact) mass is 375 g/mol. The van der Waals surface area contributed by atoms with E-state index in [2.05, 4.69) is 5.32 Å². The number of anilines is 1. The minimum atomic E-state index is -0.516. The molecule has 8 heteroatoms. The Kier molecular flexibility index (Phi) is 5.76. The van der Waals surface area contributed by atoms with E-state index in [1.54, 1.807) is 6.92 Å². The molecule has 0 saturated heterocycles. The van der Waals surface area contributed by atoms with Crippen molar-refractivity contribution in [2.45, 2.75) is 27.7 Å². The van der Waals surface area contributed by atoms with Gasteiger partial charge < -0.3 is 10.2 Å². The summed E-state index contributed by atoms with van der Waals surface area (Å²) in [5.41, 5.74) is 3.68. The van der Waals surface area contributed by atoms with Crippen LogP contribution in [0.5, 0.6) is 0 Å². The molecule has 0 aliphatic rings. The van der Waals surface area contributed by atoms with Gasteiger partial charge in [0, 0.05) is 18.8 Å². The first-order chi connectivity index (χ1) is 12.1. The molecule has 138 valence electrons. The normalized spacial score (nSPS) is 10.5. The number of nitrogens with one attached hydrogen (secondary N) is 1. The van der Waals surface area contributed by atoms with Crippen LogP contribution in [0.2, 0.25) is 0 Å². The molecule has 0 fully saturated rings. The summed E-state index contributed by atoms with van der Waals surface area (Å²) < 4.78 is 0. The number of carbonyl (C=O) groups excluding carboxylic acids is 2. The van der Waals surface area contributed by atoms with E-state index in [0.717, 1.165) is 33.7 Å². The molecular formula is C18H21N3O4S. The van der Waals surface area contributed by atoms with Crippen LogP contribution in [0.15, 0.2) is 18.2 Å². The van der Waals surface area contributed by atoms with Gasteiger partial charge in [0.15, 0.2) is 0 Å². The molecule has 0 radical (unpaired) electrons. The van der Waals surface area contributed by atoms with E-state index in [9.17, 15) is 19.7 Å². The Morgan fingerprint density at radius 1 is 1.15 bits per heavy atom. The standard InChI is InChI=1S/C18H21N3O4S/c1-10-6-11(2)17(12(3)7-10)19-16(22)9-20(5)18(23)15-8-14(21(24)25)13(4)26-15/h6-8H,9H2,1-5H3,(H,19,22). The molecule has 0 aliphatic carbocycles. The molecule has 0 aliphatic heterocycles. The van der Waals surface area contributed by atoms with Crippen molar-refractivity contribution in [3.05, 3.63) is 54.8 Å². The van der Waals surface area contributed by atoms with Crippen molar-refractivity contribution in [2.24, 2.45) is 0 Å². The van der Waals surface area contributed by atoms with E-state index in [-0.39, 0.29) is 23.0 Å². The second-order valence-corrected chi connectivity index (χ2v) is 7.55. The molecule has 0 atom stereocenters. The molecule has 2 aromatic rings. The zero-order chi connectivity index (χ0) is 19.6. The summed E-state index contributed by atoms with van der Waals surface area (Å²) in [6, 6.07) is 5.21. The van der Waals surface area contributed by atoms with Crippen LogP contribution in [-0.2, 0) is 4.79 Å². The summed E-state index contributed by atoms with van der Waals surface area (Å²) in [6.07, 6.45) is 0. The quantitative estimate of drug-likeness (QED) is 0.638. The van der Waals surface area contributed by atoms with Crippen molar-refractivity contribution in [1.82, 2.24) is 4.90 Å². The van der Waals surface area contributed by atoms with Gasteiger partial charge in [-0.3, -0.25) is 19.7 Å². The zero-order valence-corrected chi connectivity index (χ0v) is 16.2. The molecule has 1 aromatic carbocycles. The predicted molar refractivity (Wildman–Crippen MR) is 102 cm³/mol. The van der Waals surface area contributed by atoms with Crippen molar-refractivity contribution in [1.29, 1.82) is 0 Å². The highest BCUT2D eigenvalue weighted by atomic mass is 32.1. The molecule has 2 amide bonds. The molecule has 0 unspecified atom stereocenters. The largest absolute Gasteiger partial charge is 0.332 e. The number of hydrogen-bond donors (Lipinski definition) is 1. The van der Waals surface area contributed by atoms with Crippen molar-refractivity contribution < 1.29 is 14.5 Å². The number of rotatable bonds is 5. The summed E-state index contributed by atoms with van der Waals surface area (Å²) in [6.45, 7) is 7.27. The lowest BCUT2D eigenvalue weighted by Crippen LogP contribution is -2.34. The van der Waals surface area contributed by atoms with E-state index in [0.29, 0.717) is 4.88 Å². The van der Waals surface area contributed by atoms with Crippen molar-refractivity contribution >= 4 is 34.5 Å². The van der Waals surface area contributed by atoms with Gasteiger partial charge in [0.2, 0.25) is 5.91 Å². The third-order valence-corrected chi connectivity index (χ3v) is 5.00. The SMILES string of the molecule is Cc1cc(C)c(NC(=O)CN(C)C(=O)c2cc([N+](=O)[O-])c(C)s2)c(C)c1. The number of amides is 2. The van der Waals surface area contributed by atoms with Gasteiger partial charge in [-0.15, -0.1) is 11.3 Å². The lowest BCUT2D eigenvalue weighted by atomic mass is 10.1. The number of nitrogens with zero attached hydrogens (tertiary/aromatic N) is 2. The number of likely N-dealkylation sites (N-methyl/N-ethyl adjacent to an activating group) is 1. The van der Waals surface area contributed by atoms with Crippen LogP contribution in [0.3, 0.4) is 0 Å². The summed E-state index contributed by atoms with van der Waals surface area (Å²) >= 11 is 1.05. The summed E-state index contributed by atoms with van der Waals surface area (Å²) in [5, 5.41) is 13.8. The van der Waals surface area contributed by atoms with E-state index in [1.807, 2.05) is 32.9 Å². The third-order valence-electron chi connectivity index (χ3n) is 3.97. The first-order valence-corrected chi connectivity index (χ1v) is 8.79. The minimum Gasteiger partial charge on any atom is -0.332 e. The third kappa shape index (κ3) is 4.26. The van der Waals surface area contributed by atoms with Crippen LogP contribution in [-0.4, -0.2) is 35.2 Å². The van der Waals surface area contributed by atoms with Crippen LogP contribution in [0.1, 0.15) is 31.2 Å². The van der Waals surface area contributed by atoms with Crippen LogP contribution in [0.25, 0.3) is 0 Å². The maximum Gasteiger partial charge on any atom is 0.283 e. The Labute approximate surface area is 155 Å². The predicted octanol–water partition coefficient (Wildman–Crippen LogP) is 3.60. The summed E-state index contributed by atoms with van der Waals surface area (Å²) in [4.78, 5) is 37.1. The summed E-state index contributed by atoms with van der Waals surface area (Å²) in [7, 11) is 1.50. The Morgan fingerprint density at radius 3 is 2.23 bits per heavy atom. The topological polar surface area (TPSA) is 92.6 Å². The molecule has 2 rings (SSSR count). The molecule has 1 heterocycles. The van der Waals surface area contributed by atoms with Crippen LogP contribution < -0.4 is 5.32 Å². The van der Waals surface area contributed by atoms with Gasteiger partial charge in [0.05, 0.1) is 21.2 Å². The van der Waals surface area contributed by atoms with E-state index in [1.165, 1.54) is 18.0 Å². The first-order valence-electron chi connectivity index (χ1n) is 7.98. The number of carbonyl (C=O) groups is 2. The average Bonchev–Trinajstić information content (AvgIpc) is 2.92. The van der Waals surface area contributed by atoms with Gasteiger partial charge in [0.25, 0.3) is 11.6 Å². The van der Waals surface area contributed by atoms with E-state index in [4.69, 9.17) is 0 Å². The van der Waals surface area contributed by atoms with Crippen LogP contribution in [0, 0.1) is 37.8 Å². The zero-order valence-electron chi connectivity index (χ0n) is 15.4. The number of benzene rings is 1. The number of aryl methyl sites for hydroxylation is 4. The van der Waals surface area contributed by atoms with Gasteiger partial charge in [-0.05, 0) is 38.8 Å². The van der Waals surface area contributed by atoms with Gasteiger partial charge in [-0.2, -0.15) is 0 Å². The number of nitro groups is 1. The summed E-state index contributed by atoms with van der Waals surface area (Å²) in [5.74, 6) is -0.739. The van der Waals surface area contributed by atoms with Gasteiger partial charge in [-0.1, -0.05) is 17.7 Å². The fraction of sp³-hybridized carbons (Fsp3) is 0.333. The van der Waals surface area contributed by atoms with E-state index >= 15 is 0 Å². The van der Waals surface area contributed by atoms with Gasteiger partial charge >= 0.3 is 0 Å². The van der Waals surface area contributed by atoms with Gasteiger partial charge in [-0.25, -0.2) is 0 Å². The fourth-order valence-electron chi connectivity index (χ4n) is 2.79. The van der Waals surface area contributed by atoms with Crippen LogP contribution in [0.4, 0.5) is 11.4 Å². The number of hydrogen-bond acceptors (Lipinski definition) is 5. The lowest BCUT2D eigenvalue weighted by Gasteiger charge is -2.18. The van der Waals surface area contributed by atoms with Crippen molar-refractivity contribution in [3.8, 4) is 0 Å². The molecular weight excluding hydrogens is 354 g/mol. The second-order valence-electron chi connectivity index (χ2n) is 6.29. The minimum absolute atomic E-state index is 0.0814. The highest BCUT2D eigenvalue weighted by molar-refractivity contribution is 7.14. The van der Waals surface area contributed by atoms with Crippen LogP contribution >= 0.6 is 11.3 Å². The Morgan fingerprint density at radius 2 is 1.73 bits per heavy atom. The Balaban J connectivity index is 2.08. The Hall–Kier alpha value is -2.74. The van der Waals surface area contributed by atoms with Crippen molar-refractivity contribution in [3.63, 3.8) is 0 Å². The first kappa shape index (κ1) is 19.6. The lowest BCUT2D eigenvalue weighted by molar-refractivity contribution is -0.385. The Bertz CT molecular complexity index is 866. The molecule has 0 spiro atoms. The smallest absolute Gasteiger partial charge is 0.283 e. The van der Waals surface area contributed by atoms with E-state index < -0.39 is 10.8 Å². The molecule has 1 aromatic heterocycles. The molecule has 7 nitrogen and oxygen atoms in total. The highest BCUT2D eigenvalue weighted by Gasteiger charge is 2.23. The second kappa shape index (κ2) is 7.65. The molecule has 26 heavy (non-hydrogen) atoms. The fourth-order valence-corrected chi connectivity index (χ4v) is 3.77. The van der Waals surface area contributed by atoms with Crippen molar-refractivity contribution in [2.75, 3.05) is 18.9 Å². The van der Waals surface area contributed by atoms with Gasteiger partial charge in [0.1, 0.15) is 0 Å². The molecule has 1 N–H and O–H groups in total. The number of thiophene rings is 1. The molecule has 0 bridgehead atoms.